The van der Waals surface area contributed by atoms with Gasteiger partial charge in [0.2, 0.25) is 0 Å². The number of aromatic nitrogens is 2. The van der Waals surface area contributed by atoms with Crippen LogP contribution >= 0.6 is 11.3 Å². The molecule has 0 saturated heterocycles. The number of anilines is 3. The number of nitrogens with one attached hydrogen (secondary N) is 2. The van der Waals surface area contributed by atoms with Crippen LogP contribution in [0.25, 0.3) is 16.6 Å². The van der Waals surface area contributed by atoms with Crippen molar-refractivity contribution in [1.29, 1.82) is 0 Å². The Morgan fingerprint density at radius 1 is 1.03 bits per heavy atom. The van der Waals surface area contributed by atoms with Crippen LogP contribution in [-0.4, -0.2) is 15.1 Å². The Kier molecular flexibility index (Phi) is 4.94. The summed E-state index contributed by atoms with van der Waals surface area (Å²) >= 11 is 1.62. The largest absolute Gasteiger partial charge is 0.508 e. The molecule has 146 valence electrons. The summed E-state index contributed by atoms with van der Waals surface area (Å²) in [5, 5.41) is 18.4. The molecule has 6 heteroatoms. The number of rotatable bonds is 5. The van der Waals surface area contributed by atoms with Crippen molar-refractivity contribution in [2.45, 2.75) is 20.8 Å². The van der Waals surface area contributed by atoms with Gasteiger partial charge in [0.15, 0.2) is 5.13 Å². The molecule has 0 saturated carbocycles. The van der Waals surface area contributed by atoms with Gasteiger partial charge in [-0.05, 0) is 56.2 Å². The van der Waals surface area contributed by atoms with Crippen molar-refractivity contribution in [3.8, 4) is 5.75 Å². The smallest absolute Gasteiger partial charge is 0.187 e. The molecule has 0 radical (unpaired) electrons. The minimum Gasteiger partial charge on any atom is -0.508 e. The molecule has 0 aliphatic heterocycles. The van der Waals surface area contributed by atoms with Crippen LogP contribution in [-0.2, 0) is 0 Å². The Hall–Kier alpha value is -3.38. The second kappa shape index (κ2) is 7.56. The van der Waals surface area contributed by atoms with Crippen LogP contribution in [0.1, 0.15) is 21.7 Å². The summed E-state index contributed by atoms with van der Waals surface area (Å²) in [7, 11) is 0. The van der Waals surface area contributed by atoms with Gasteiger partial charge < -0.3 is 15.7 Å². The van der Waals surface area contributed by atoms with Gasteiger partial charge in [0.1, 0.15) is 5.75 Å². The van der Waals surface area contributed by atoms with Crippen LogP contribution in [0.15, 0.2) is 55.2 Å². The van der Waals surface area contributed by atoms with E-state index in [9.17, 15) is 5.11 Å². The fourth-order valence-corrected chi connectivity index (χ4v) is 3.90. The zero-order chi connectivity index (χ0) is 20.5. The first kappa shape index (κ1) is 19.0. The van der Waals surface area contributed by atoms with Crippen molar-refractivity contribution in [1.82, 2.24) is 9.97 Å². The van der Waals surface area contributed by atoms with Gasteiger partial charge in [-0.3, -0.25) is 4.98 Å². The lowest BCUT2D eigenvalue weighted by Gasteiger charge is -2.14. The highest BCUT2D eigenvalue weighted by atomic mass is 32.1. The second-order valence-electron chi connectivity index (χ2n) is 6.98. The number of aryl methyl sites for hydroxylation is 3. The summed E-state index contributed by atoms with van der Waals surface area (Å²) < 4.78 is 0. The molecule has 0 aliphatic rings. The number of hydrogen-bond donors (Lipinski definition) is 3. The lowest BCUT2D eigenvalue weighted by molar-refractivity contribution is 0.475. The average Bonchev–Trinajstić information content (AvgIpc) is 3.01. The van der Waals surface area contributed by atoms with E-state index in [1.54, 1.807) is 29.7 Å². The number of phenolic OH excluding ortho intramolecular Hbond substituents is 1. The standard InChI is InChI=1S/C23H22N4OS/c1-13-5-7-18(28)12-22(13)27-21-9-10-24-20-8-6-17(11-19(20)21)15(3)26-23-25-14(2)16(4)29-23/h5-12,28H,3H2,1-2,4H3,(H,24,27)(H,25,26). The number of phenols is 1. The molecule has 2 heterocycles. The zero-order valence-electron chi connectivity index (χ0n) is 16.6. The molecule has 0 unspecified atom stereocenters. The van der Waals surface area contributed by atoms with E-state index in [0.29, 0.717) is 0 Å². The van der Waals surface area contributed by atoms with Gasteiger partial charge in [0.25, 0.3) is 0 Å². The molecule has 0 bridgehead atoms. The second-order valence-corrected chi connectivity index (χ2v) is 8.18. The Morgan fingerprint density at radius 2 is 1.86 bits per heavy atom. The van der Waals surface area contributed by atoms with Gasteiger partial charge in [-0.25, -0.2) is 4.98 Å². The van der Waals surface area contributed by atoms with Crippen LogP contribution < -0.4 is 10.6 Å². The summed E-state index contributed by atoms with van der Waals surface area (Å²) in [6.07, 6.45) is 1.77. The third-order valence-electron chi connectivity index (χ3n) is 4.87. The molecule has 0 aliphatic carbocycles. The molecule has 4 rings (SSSR count). The molecule has 5 nitrogen and oxygen atoms in total. The maximum absolute atomic E-state index is 9.83. The minimum atomic E-state index is 0.226. The van der Waals surface area contributed by atoms with Gasteiger partial charge in [0.05, 0.1) is 11.2 Å². The van der Waals surface area contributed by atoms with Crippen LogP contribution in [0.3, 0.4) is 0 Å². The molecule has 0 spiro atoms. The third-order valence-corrected chi connectivity index (χ3v) is 5.86. The zero-order valence-corrected chi connectivity index (χ0v) is 17.4. The van der Waals surface area contributed by atoms with Gasteiger partial charge in [-0.1, -0.05) is 18.7 Å². The lowest BCUT2D eigenvalue weighted by Crippen LogP contribution is -1.99. The number of benzene rings is 2. The average molecular weight is 403 g/mol. The Bertz CT molecular complexity index is 1210. The predicted octanol–water partition coefficient (Wildman–Crippen LogP) is 6.15. The molecular weight excluding hydrogens is 380 g/mol. The lowest BCUT2D eigenvalue weighted by atomic mass is 10.1. The van der Waals surface area contributed by atoms with Crippen LogP contribution in [0.5, 0.6) is 5.75 Å². The van der Waals surface area contributed by atoms with Crippen molar-refractivity contribution in [2.24, 2.45) is 0 Å². The normalized spacial score (nSPS) is 10.9. The highest BCUT2D eigenvalue weighted by Gasteiger charge is 2.10. The number of thiazole rings is 1. The molecular formula is C23H22N4OS. The highest BCUT2D eigenvalue weighted by Crippen LogP contribution is 2.31. The summed E-state index contributed by atoms with van der Waals surface area (Å²) in [6, 6.07) is 13.3. The molecule has 3 N–H and O–H groups in total. The van der Waals surface area contributed by atoms with Gasteiger partial charge in [0, 0.05) is 39.6 Å². The number of hydrogen-bond acceptors (Lipinski definition) is 6. The molecule has 0 atom stereocenters. The summed E-state index contributed by atoms with van der Waals surface area (Å²) in [6.45, 7) is 10.2. The van der Waals surface area contributed by atoms with Crippen molar-refractivity contribution in [3.63, 3.8) is 0 Å². The van der Waals surface area contributed by atoms with Crippen molar-refractivity contribution >= 4 is 44.4 Å². The Balaban J connectivity index is 1.68. The van der Waals surface area contributed by atoms with Gasteiger partial charge in [-0.15, -0.1) is 11.3 Å². The number of aromatic hydroxyl groups is 1. The van der Waals surface area contributed by atoms with Crippen LogP contribution in [0, 0.1) is 20.8 Å². The molecule has 2 aromatic heterocycles. The van der Waals surface area contributed by atoms with Crippen molar-refractivity contribution < 1.29 is 5.11 Å². The van der Waals surface area contributed by atoms with Crippen LogP contribution in [0.4, 0.5) is 16.5 Å². The Morgan fingerprint density at radius 3 is 2.62 bits per heavy atom. The maximum atomic E-state index is 9.83. The monoisotopic (exact) mass is 402 g/mol. The Labute approximate surface area is 173 Å². The summed E-state index contributed by atoms with van der Waals surface area (Å²) in [5.74, 6) is 0.226. The van der Waals surface area contributed by atoms with Crippen molar-refractivity contribution in [2.75, 3.05) is 10.6 Å². The first-order chi connectivity index (χ1) is 13.9. The highest BCUT2D eigenvalue weighted by molar-refractivity contribution is 7.15. The first-order valence-corrected chi connectivity index (χ1v) is 10.1. The number of fused-ring (bicyclic) bond motifs is 1. The van der Waals surface area contributed by atoms with Gasteiger partial charge >= 0.3 is 0 Å². The fourth-order valence-electron chi connectivity index (χ4n) is 3.06. The fraction of sp³-hybridized carbons (Fsp3) is 0.130. The molecule has 0 amide bonds. The van der Waals surface area contributed by atoms with E-state index in [1.807, 2.05) is 38.1 Å². The molecule has 2 aromatic carbocycles. The summed E-state index contributed by atoms with van der Waals surface area (Å²) in [4.78, 5) is 10.2. The van der Waals surface area contributed by atoms with Crippen molar-refractivity contribution in [3.05, 3.63) is 76.9 Å². The number of pyridine rings is 1. The SMILES string of the molecule is C=C(Nc1nc(C)c(C)s1)c1ccc2nccc(Nc3cc(O)ccc3C)c2c1. The van der Waals surface area contributed by atoms with Crippen LogP contribution in [0.2, 0.25) is 0 Å². The van der Waals surface area contributed by atoms with E-state index in [4.69, 9.17) is 0 Å². The summed E-state index contributed by atoms with van der Waals surface area (Å²) in [5.41, 5.74) is 6.47. The maximum Gasteiger partial charge on any atom is 0.187 e. The van der Waals surface area contributed by atoms with E-state index in [1.165, 1.54) is 4.88 Å². The molecule has 29 heavy (non-hydrogen) atoms. The van der Waals surface area contributed by atoms with E-state index >= 15 is 0 Å². The quantitative estimate of drug-likeness (QED) is 0.373. The van der Waals surface area contributed by atoms with E-state index in [2.05, 4.69) is 40.2 Å². The third kappa shape index (κ3) is 3.93. The topological polar surface area (TPSA) is 70.1 Å². The molecule has 0 fully saturated rings. The first-order valence-electron chi connectivity index (χ1n) is 9.26. The number of nitrogens with zero attached hydrogens (tertiary/aromatic N) is 2. The van der Waals surface area contributed by atoms with E-state index in [-0.39, 0.29) is 5.75 Å². The minimum absolute atomic E-state index is 0.226. The van der Waals surface area contributed by atoms with E-state index < -0.39 is 0 Å². The molecule has 4 aromatic rings. The van der Waals surface area contributed by atoms with E-state index in [0.717, 1.165) is 49.9 Å². The van der Waals surface area contributed by atoms with Gasteiger partial charge in [-0.2, -0.15) is 0 Å². The predicted molar refractivity (Wildman–Crippen MR) is 122 cm³/mol.